The van der Waals surface area contributed by atoms with Gasteiger partial charge in [-0.05, 0) is 61.0 Å². The summed E-state index contributed by atoms with van der Waals surface area (Å²) in [5.74, 6) is -1.95. The molecule has 37 heavy (non-hydrogen) atoms. The Morgan fingerprint density at radius 3 is 1.78 bits per heavy atom. The van der Waals surface area contributed by atoms with E-state index in [1.807, 2.05) is 6.07 Å². The molecule has 12 heteroatoms. The fourth-order valence-corrected chi connectivity index (χ4v) is 2.80. The van der Waals surface area contributed by atoms with Gasteiger partial charge in [0.1, 0.15) is 29.9 Å². The molecule has 0 aromatic heterocycles. The lowest BCUT2D eigenvalue weighted by Crippen LogP contribution is -2.63. The van der Waals surface area contributed by atoms with Gasteiger partial charge in [-0.15, -0.1) is 5.01 Å². The normalized spacial score (nSPS) is 12.9. The van der Waals surface area contributed by atoms with Crippen LogP contribution in [0.15, 0.2) is 30.3 Å². The Bertz CT molecular complexity index is 940. The Morgan fingerprint density at radius 1 is 0.865 bits per heavy atom. The molecule has 1 rings (SSSR count). The monoisotopic (exact) mass is 523 g/mol. The first-order valence-corrected chi connectivity index (χ1v) is 11.6. The molecule has 0 radical (unpaired) electrons. The summed E-state index contributed by atoms with van der Waals surface area (Å²) in [5.41, 5.74) is -1.41. The maximum atomic E-state index is 13.5. The van der Waals surface area contributed by atoms with E-state index in [0.717, 1.165) is 12.7 Å². The van der Waals surface area contributed by atoms with Gasteiger partial charge in [-0.25, -0.2) is 24.2 Å². The summed E-state index contributed by atoms with van der Waals surface area (Å²) in [4.78, 5) is 64.4. The van der Waals surface area contributed by atoms with Crippen LogP contribution in [0.4, 0.5) is 14.4 Å². The van der Waals surface area contributed by atoms with E-state index in [2.05, 4.69) is 5.32 Å². The van der Waals surface area contributed by atoms with E-state index >= 15 is 0 Å². The largest absolute Gasteiger partial charge is 0.467 e. The van der Waals surface area contributed by atoms with Crippen LogP contribution in [-0.2, 0) is 35.1 Å². The summed E-state index contributed by atoms with van der Waals surface area (Å²) in [5, 5.41) is 3.16. The molecular weight excluding hydrogens is 486 g/mol. The van der Waals surface area contributed by atoms with E-state index in [4.69, 9.17) is 18.9 Å². The van der Waals surface area contributed by atoms with E-state index in [-0.39, 0.29) is 11.6 Å². The van der Waals surface area contributed by atoms with Crippen LogP contribution in [0, 0.1) is 0 Å². The molecule has 2 unspecified atom stereocenters. The van der Waals surface area contributed by atoms with Crippen molar-refractivity contribution in [2.24, 2.45) is 0 Å². The molecule has 0 aliphatic heterocycles. The topological polar surface area (TPSA) is 141 Å². The summed E-state index contributed by atoms with van der Waals surface area (Å²) in [6.45, 7) is 11.8. The van der Waals surface area contributed by atoms with Gasteiger partial charge in [0.2, 0.25) is 0 Å². The number of hydrogen-bond donors (Lipinski definition) is 1. The fourth-order valence-electron chi connectivity index (χ4n) is 2.80. The second kappa shape index (κ2) is 12.9. The minimum absolute atomic E-state index is 0.0577. The first-order chi connectivity index (χ1) is 17.0. The number of nitrogens with zero attached hydrogens (tertiary/aromatic N) is 2. The van der Waals surface area contributed by atoms with Gasteiger partial charge < -0.3 is 24.3 Å². The van der Waals surface area contributed by atoms with E-state index in [9.17, 15) is 24.0 Å². The van der Waals surface area contributed by atoms with Crippen LogP contribution in [0.1, 0.15) is 61.0 Å². The third kappa shape index (κ3) is 10.4. The summed E-state index contributed by atoms with van der Waals surface area (Å²) < 4.78 is 20.5. The number of alkyl carbamates (subject to hydrolysis) is 1. The second-order valence-electron chi connectivity index (χ2n) is 10.1. The van der Waals surface area contributed by atoms with Crippen LogP contribution >= 0.6 is 0 Å². The number of benzene rings is 1. The van der Waals surface area contributed by atoms with Crippen molar-refractivity contribution in [1.29, 1.82) is 0 Å². The summed E-state index contributed by atoms with van der Waals surface area (Å²) in [6.07, 6.45) is -3.48. The molecule has 0 saturated carbocycles. The van der Waals surface area contributed by atoms with E-state index in [1.54, 1.807) is 65.8 Å². The highest BCUT2D eigenvalue weighted by molar-refractivity contribution is 5.96. The molecule has 0 spiro atoms. The first-order valence-electron chi connectivity index (χ1n) is 11.6. The quantitative estimate of drug-likeness (QED) is 0.335. The Morgan fingerprint density at radius 2 is 1.35 bits per heavy atom. The zero-order valence-electron chi connectivity index (χ0n) is 22.8. The predicted molar refractivity (Wildman–Crippen MR) is 132 cm³/mol. The van der Waals surface area contributed by atoms with Crippen LogP contribution in [0.3, 0.4) is 0 Å². The standard InChI is InChI=1S/C25H37N3O9/c1-16(26-21(31)35-15-18-13-11-10-12-14-18)19(29)27(17(2)20(30)34-9)28(22(32)36-24(3,4)5)23(33)37-25(6,7)8/h10-14,16-17H,15H2,1-9H3,(H,26,31). The van der Waals surface area contributed by atoms with Crippen LogP contribution in [-0.4, -0.2) is 70.6 Å². The molecule has 1 N–H and O–H groups in total. The smallest absolute Gasteiger partial charge is 0.439 e. The molecule has 0 heterocycles. The molecule has 0 fully saturated rings. The van der Waals surface area contributed by atoms with Crippen molar-refractivity contribution in [2.45, 2.75) is 85.3 Å². The number of amides is 4. The first kappa shape index (κ1) is 31.2. The van der Waals surface area contributed by atoms with Crippen LogP contribution in [0.25, 0.3) is 0 Å². The van der Waals surface area contributed by atoms with Gasteiger partial charge >= 0.3 is 24.2 Å². The van der Waals surface area contributed by atoms with Crippen molar-refractivity contribution in [3.8, 4) is 0 Å². The molecule has 2 atom stereocenters. The number of hydrazine groups is 1. The lowest BCUT2D eigenvalue weighted by Gasteiger charge is -2.38. The highest BCUT2D eigenvalue weighted by atomic mass is 16.6. The number of methoxy groups -OCH3 is 1. The number of esters is 1. The number of hydrogen-bond acceptors (Lipinski definition) is 9. The third-order valence-electron chi connectivity index (χ3n) is 4.40. The van der Waals surface area contributed by atoms with Gasteiger partial charge in [-0.3, -0.25) is 4.79 Å². The van der Waals surface area contributed by atoms with Gasteiger partial charge in [0.25, 0.3) is 5.91 Å². The number of rotatable bonds is 6. The molecule has 206 valence electrons. The van der Waals surface area contributed by atoms with Gasteiger partial charge in [0, 0.05) is 0 Å². The minimum atomic E-state index is -1.48. The number of carbonyl (C=O) groups excluding carboxylic acids is 5. The molecule has 0 bridgehead atoms. The van der Waals surface area contributed by atoms with Crippen molar-refractivity contribution in [3.05, 3.63) is 35.9 Å². The average Bonchev–Trinajstić information content (AvgIpc) is 2.77. The number of imide groups is 1. The van der Waals surface area contributed by atoms with Crippen molar-refractivity contribution in [1.82, 2.24) is 15.3 Å². The van der Waals surface area contributed by atoms with Gasteiger partial charge in [-0.2, -0.15) is 0 Å². The Labute approximate surface area is 217 Å². The van der Waals surface area contributed by atoms with E-state index in [1.165, 1.54) is 13.8 Å². The number of carbonyl (C=O) groups is 5. The minimum Gasteiger partial charge on any atom is -0.467 e. The Kier molecular flexibility index (Phi) is 10.9. The SMILES string of the molecule is COC(=O)C(C)N(C(=O)C(C)NC(=O)OCc1ccccc1)N(C(=O)OC(C)(C)C)C(=O)OC(C)(C)C. The van der Waals surface area contributed by atoms with Gasteiger partial charge in [-0.1, -0.05) is 30.3 Å². The molecule has 1 aromatic rings. The summed E-state index contributed by atoms with van der Waals surface area (Å²) in [6, 6.07) is 6.03. The molecule has 0 aliphatic carbocycles. The maximum absolute atomic E-state index is 13.5. The second-order valence-corrected chi connectivity index (χ2v) is 10.1. The predicted octanol–water partition coefficient (Wildman–Crippen LogP) is 3.78. The molecule has 4 amide bonds. The highest BCUT2D eigenvalue weighted by Gasteiger charge is 2.44. The van der Waals surface area contributed by atoms with Crippen molar-refractivity contribution < 1.29 is 42.9 Å². The number of ether oxygens (including phenoxy) is 4. The molecule has 1 aromatic carbocycles. The van der Waals surface area contributed by atoms with E-state index < -0.39 is 53.4 Å². The maximum Gasteiger partial charge on any atom is 0.439 e. The lowest BCUT2D eigenvalue weighted by atomic mass is 10.2. The van der Waals surface area contributed by atoms with Crippen molar-refractivity contribution in [2.75, 3.05) is 7.11 Å². The lowest BCUT2D eigenvalue weighted by molar-refractivity contribution is -0.166. The Hall–Kier alpha value is -3.83. The van der Waals surface area contributed by atoms with Crippen LogP contribution < -0.4 is 5.32 Å². The summed E-state index contributed by atoms with van der Waals surface area (Å²) >= 11 is 0. The zero-order valence-corrected chi connectivity index (χ0v) is 22.8. The average molecular weight is 524 g/mol. The van der Waals surface area contributed by atoms with Crippen molar-refractivity contribution in [3.63, 3.8) is 0 Å². The van der Waals surface area contributed by atoms with E-state index in [0.29, 0.717) is 5.01 Å². The molecule has 0 saturated heterocycles. The van der Waals surface area contributed by atoms with Crippen molar-refractivity contribution >= 4 is 30.2 Å². The van der Waals surface area contributed by atoms with Crippen LogP contribution in [0.5, 0.6) is 0 Å². The highest BCUT2D eigenvalue weighted by Crippen LogP contribution is 2.20. The fraction of sp³-hybridized carbons (Fsp3) is 0.560. The zero-order chi connectivity index (χ0) is 28.6. The Balaban J connectivity index is 3.29. The number of nitrogens with one attached hydrogen (secondary N) is 1. The third-order valence-corrected chi connectivity index (χ3v) is 4.40. The van der Waals surface area contributed by atoms with Gasteiger partial charge in [0.05, 0.1) is 7.11 Å². The summed E-state index contributed by atoms with van der Waals surface area (Å²) in [7, 11) is 1.08. The van der Waals surface area contributed by atoms with Gasteiger partial charge in [0.15, 0.2) is 0 Å². The van der Waals surface area contributed by atoms with Crippen LogP contribution in [0.2, 0.25) is 0 Å². The molecular formula is C25H37N3O9. The molecule has 12 nitrogen and oxygen atoms in total. The molecule has 0 aliphatic rings.